The van der Waals surface area contributed by atoms with E-state index in [2.05, 4.69) is 10.3 Å². The van der Waals surface area contributed by atoms with Crippen molar-refractivity contribution >= 4 is 34.1 Å². The highest BCUT2D eigenvalue weighted by molar-refractivity contribution is 7.18. The second-order valence-electron chi connectivity index (χ2n) is 5.17. The Balaban J connectivity index is 2.10. The number of carbonyl (C=O) groups is 2. The average molecular weight is 297 g/mol. The Labute approximate surface area is 121 Å². The first-order chi connectivity index (χ1) is 9.38. The molecular formula is C12H19N5O2S. The first-order valence-corrected chi connectivity index (χ1v) is 7.31. The molecule has 0 radical (unpaired) electrons. The summed E-state index contributed by atoms with van der Waals surface area (Å²) in [5.74, 6) is -0.577. The molecule has 0 bridgehead atoms. The quantitative estimate of drug-likeness (QED) is 0.748. The Morgan fingerprint density at radius 2 is 2.20 bits per heavy atom. The van der Waals surface area contributed by atoms with Gasteiger partial charge in [-0.15, -0.1) is 0 Å². The van der Waals surface area contributed by atoms with Gasteiger partial charge >= 0.3 is 0 Å². The van der Waals surface area contributed by atoms with E-state index in [-0.39, 0.29) is 29.6 Å². The van der Waals surface area contributed by atoms with Gasteiger partial charge in [-0.2, -0.15) is 0 Å². The van der Waals surface area contributed by atoms with Crippen molar-refractivity contribution < 1.29 is 9.59 Å². The summed E-state index contributed by atoms with van der Waals surface area (Å²) in [6, 6.07) is 0.217. The minimum atomic E-state index is -0.361. The lowest BCUT2D eigenvalue weighted by atomic mass is 10.1. The fourth-order valence-electron chi connectivity index (χ4n) is 2.11. The fraction of sp³-hybridized carbons (Fsp3) is 0.583. The third kappa shape index (κ3) is 3.01. The molecule has 7 nitrogen and oxygen atoms in total. The second kappa shape index (κ2) is 5.66. The summed E-state index contributed by atoms with van der Waals surface area (Å²) in [4.78, 5) is 29.7. The molecule has 1 aromatic heterocycles. The molecular weight excluding hydrogens is 278 g/mol. The van der Waals surface area contributed by atoms with Crippen LogP contribution in [-0.4, -0.2) is 40.8 Å². The van der Waals surface area contributed by atoms with Crippen molar-refractivity contribution in [3.05, 3.63) is 4.88 Å². The van der Waals surface area contributed by atoms with Gasteiger partial charge < -0.3 is 21.7 Å². The van der Waals surface area contributed by atoms with Crippen LogP contribution in [0.2, 0.25) is 0 Å². The predicted molar refractivity (Wildman–Crippen MR) is 78.5 cm³/mol. The Morgan fingerprint density at radius 1 is 1.50 bits per heavy atom. The smallest absolute Gasteiger partial charge is 0.267 e. The minimum absolute atomic E-state index is 0.180. The van der Waals surface area contributed by atoms with Gasteiger partial charge in [0.25, 0.3) is 5.91 Å². The number of hydrogen-bond acceptors (Lipinski definition) is 6. The molecule has 5 N–H and O–H groups in total. The maximum absolute atomic E-state index is 12.4. The highest BCUT2D eigenvalue weighted by atomic mass is 32.1. The van der Waals surface area contributed by atoms with Gasteiger partial charge in [0.15, 0.2) is 5.13 Å². The summed E-state index contributed by atoms with van der Waals surface area (Å²) in [6.45, 7) is 4.85. The molecule has 2 amide bonds. The van der Waals surface area contributed by atoms with Crippen molar-refractivity contribution in [3.63, 3.8) is 0 Å². The van der Waals surface area contributed by atoms with Crippen molar-refractivity contribution in [1.29, 1.82) is 0 Å². The highest BCUT2D eigenvalue weighted by Crippen LogP contribution is 2.28. The largest absolute Gasteiger partial charge is 0.382 e. The number of amides is 2. The van der Waals surface area contributed by atoms with E-state index in [1.165, 1.54) is 11.3 Å². The molecule has 2 heterocycles. The van der Waals surface area contributed by atoms with E-state index in [1.807, 2.05) is 13.8 Å². The van der Waals surface area contributed by atoms with Crippen molar-refractivity contribution in [2.24, 2.45) is 11.7 Å². The van der Waals surface area contributed by atoms with Crippen molar-refractivity contribution in [2.45, 2.75) is 26.3 Å². The molecule has 1 aliphatic heterocycles. The zero-order valence-corrected chi connectivity index (χ0v) is 12.4. The molecule has 20 heavy (non-hydrogen) atoms. The van der Waals surface area contributed by atoms with Crippen molar-refractivity contribution in [3.8, 4) is 0 Å². The second-order valence-corrected chi connectivity index (χ2v) is 6.17. The number of nitrogens with one attached hydrogen (secondary N) is 1. The molecule has 8 heteroatoms. The number of hydrogen-bond donors (Lipinski definition) is 3. The third-order valence-electron chi connectivity index (χ3n) is 3.14. The maximum Gasteiger partial charge on any atom is 0.267 e. The normalized spacial score (nSPS) is 18.6. The number of carbonyl (C=O) groups excluding carboxylic acids is 2. The molecule has 1 aliphatic rings. The van der Waals surface area contributed by atoms with Crippen LogP contribution in [0.4, 0.5) is 10.9 Å². The number of aromatic nitrogens is 1. The lowest BCUT2D eigenvalue weighted by molar-refractivity contribution is -0.121. The lowest BCUT2D eigenvalue weighted by Gasteiger charge is -2.14. The summed E-state index contributed by atoms with van der Waals surface area (Å²) in [5, 5.41) is 3.75. The van der Waals surface area contributed by atoms with Gasteiger partial charge in [-0.3, -0.25) is 9.59 Å². The van der Waals surface area contributed by atoms with Crippen LogP contribution in [0.1, 0.15) is 29.9 Å². The van der Waals surface area contributed by atoms with Crippen LogP contribution in [0.25, 0.3) is 0 Å². The number of thiazole rings is 1. The van der Waals surface area contributed by atoms with Gasteiger partial charge in [0, 0.05) is 19.1 Å². The van der Waals surface area contributed by atoms with Crippen LogP contribution in [0.15, 0.2) is 0 Å². The molecule has 0 spiro atoms. The van der Waals surface area contributed by atoms with Gasteiger partial charge in [0.1, 0.15) is 10.7 Å². The molecule has 110 valence electrons. The SMILES string of the molecule is CC(C)Nc1nc(N)c(C(=O)N2CCC(C(N)=O)C2)s1. The lowest BCUT2D eigenvalue weighted by Crippen LogP contribution is -2.31. The molecule has 2 rings (SSSR count). The maximum atomic E-state index is 12.4. The number of rotatable bonds is 4. The Kier molecular flexibility index (Phi) is 4.12. The van der Waals surface area contributed by atoms with E-state index in [0.29, 0.717) is 29.5 Å². The number of nitrogen functional groups attached to an aromatic ring is 1. The van der Waals surface area contributed by atoms with Gasteiger partial charge in [-0.1, -0.05) is 11.3 Å². The van der Waals surface area contributed by atoms with E-state index in [0.717, 1.165) is 0 Å². The zero-order valence-electron chi connectivity index (χ0n) is 11.5. The van der Waals surface area contributed by atoms with Crippen molar-refractivity contribution in [1.82, 2.24) is 9.88 Å². The van der Waals surface area contributed by atoms with Crippen molar-refractivity contribution in [2.75, 3.05) is 24.1 Å². The van der Waals surface area contributed by atoms with E-state index >= 15 is 0 Å². The van der Waals surface area contributed by atoms with Gasteiger partial charge in [0.2, 0.25) is 5.91 Å². The number of nitrogens with two attached hydrogens (primary N) is 2. The van der Waals surface area contributed by atoms with E-state index in [9.17, 15) is 9.59 Å². The number of likely N-dealkylation sites (tertiary alicyclic amines) is 1. The van der Waals surface area contributed by atoms with Gasteiger partial charge in [-0.05, 0) is 20.3 Å². The molecule has 0 saturated carbocycles. The van der Waals surface area contributed by atoms with Crippen LogP contribution in [0.5, 0.6) is 0 Å². The van der Waals surface area contributed by atoms with Crippen LogP contribution in [0, 0.1) is 5.92 Å². The van der Waals surface area contributed by atoms with Crippen LogP contribution >= 0.6 is 11.3 Å². The van der Waals surface area contributed by atoms with Gasteiger partial charge in [-0.25, -0.2) is 4.98 Å². The molecule has 0 aliphatic carbocycles. The van der Waals surface area contributed by atoms with E-state index in [1.54, 1.807) is 4.90 Å². The summed E-state index contributed by atoms with van der Waals surface area (Å²) >= 11 is 1.24. The third-order valence-corrected chi connectivity index (χ3v) is 4.13. The molecule has 1 saturated heterocycles. The standard InChI is InChI=1S/C12H19N5O2S/c1-6(2)15-12-16-9(13)8(20-12)11(19)17-4-3-7(5-17)10(14)18/h6-7H,3-5,13H2,1-2H3,(H2,14,18)(H,15,16). The molecule has 1 atom stereocenters. The van der Waals surface area contributed by atoms with Crippen LogP contribution in [0.3, 0.4) is 0 Å². The highest BCUT2D eigenvalue weighted by Gasteiger charge is 2.32. The monoisotopic (exact) mass is 297 g/mol. The molecule has 1 aromatic rings. The fourth-order valence-corrected chi connectivity index (χ4v) is 3.11. The number of nitrogens with zero attached hydrogens (tertiary/aromatic N) is 2. The number of primary amides is 1. The topological polar surface area (TPSA) is 114 Å². The average Bonchev–Trinajstić information content (AvgIpc) is 2.94. The number of anilines is 2. The summed E-state index contributed by atoms with van der Waals surface area (Å²) in [5.41, 5.74) is 11.1. The van der Waals surface area contributed by atoms with E-state index < -0.39 is 0 Å². The van der Waals surface area contributed by atoms with E-state index in [4.69, 9.17) is 11.5 Å². The Morgan fingerprint density at radius 3 is 2.75 bits per heavy atom. The first-order valence-electron chi connectivity index (χ1n) is 6.50. The minimum Gasteiger partial charge on any atom is -0.382 e. The Hall–Kier alpha value is -1.83. The summed E-state index contributed by atoms with van der Waals surface area (Å²) in [7, 11) is 0. The van der Waals surface area contributed by atoms with Crippen LogP contribution < -0.4 is 16.8 Å². The molecule has 1 fully saturated rings. The summed E-state index contributed by atoms with van der Waals surface area (Å²) < 4.78 is 0. The molecule has 0 aromatic carbocycles. The first kappa shape index (κ1) is 14.6. The molecule has 1 unspecified atom stereocenters. The van der Waals surface area contributed by atoms with Crippen LogP contribution in [-0.2, 0) is 4.79 Å². The Bertz CT molecular complexity index is 528. The summed E-state index contributed by atoms with van der Waals surface area (Å²) in [6.07, 6.45) is 0.608. The predicted octanol–water partition coefficient (Wildman–Crippen LogP) is 0.493. The van der Waals surface area contributed by atoms with Gasteiger partial charge in [0.05, 0.1) is 5.92 Å². The zero-order chi connectivity index (χ0) is 14.9.